The van der Waals surface area contributed by atoms with Crippen LogP contribution in [0.15, 0.2) is 77.4 Å². The highest BCUT2D eigenvalue weighted by Gasteiger charge is 2.36. The summed E-state index contributed by atoms with van der Waals surface area (Å²) in [5.41, 5.74) is 2.78. The molecule has 5 rings (SSSR count). The first-order chi connectivity index (χ1) is 16.7. The Balaban J connectivity index is 1.29. The fourth-order valence-electron chi connectivity index (χ4n) is 4.48. The Kier molecular flexibility index (Phi) is 6.77. The lowest BCUT2D eigenvalue weighted by atomic mass is 10.0. The number of nitrogens with zero attached hydrogens (tertiary/aromatic N) is 2. The van der Waals surface area contributed by atoms with Crippen LogP contribution in [0.3, 0.4) is 0 Å². The second-order valence-electron chi connectivity index (χ2n) is 9.10. The summed E-state index contributed by atoms with van der Waals surface area (Å²) in [4.78, 5) is 30.3. The predicted molar refractivity (Wildman–Crippen MR) is 129 cm³/mol. The Morgan fingerprint density at radius 1 is 0.882 bits per heavy atom. The van der Waals surface area contributed by atoms with E-state index in [1.165, 1.54) is 0 Å². The summed E-state index contributed by atoms with van der Waals surface area (Å²) in [5, 5.41) is 0. The largest absolute Gasteiger partial charge is 0.467 e. The zero-order valence-electron chi connectivity index (χ0n) is 19.3. The molecule has 0 N–H and O–H groups in total. The Hall–Kier alpha value is -3.38. The van der Waals surface area contributed by atoms with Gasteiger partial charge in [-0.15, -0.1) is 0 Å². The van der Waals surface area contributed by atoms with Crippen LogP contribution < -0.4 is 0 Å². The van der Waals surface area contributed by atoms with Crippen LogP contribution in [-0.2, 0) is 16.1 Å². The first-order valence-corrected chi connectivity index (χ1v) is 12.1. The van der Waals surface area contributed by atoms with E-state index in [4.69, 9.17) is 9.15 Å². The van der Waals surface area contributed by atoms with Crippen molar-refractivity contribution < 1.29 is 18.7 Å². The fourth-order valence-corrected chi connectivity index (χ4v) is 4.48. The molecule has 1 saturated heterocycles. The molecule has 34 heavy (non-hydrogen) atoms. The van der Waals surface area contributed by atoms with Crippen LogP contribution in [0.5, 0.6) is 0 Å². The van der Waals surface area contributed by atoms with Gasteiger partial charge in [-0.25, -0.2) is 0 Å². The Morgan fingerprint density at radius 2 is 1.65 bits per heavy atom. The molecule has 1 unspecified atom stereocenters. The summed E-state index contributed by atoms with van der Waals surface area (Å²) in [6, 6.07) is 21.6. The molecule has 0 radical (unpaired) electrons. The van der Waals surface area contributed by atoms with E-state index in [-0.39, 0.29) is 30.5 Å². The van der Waals surface area contributed by atoms with Crippen molar-refractivity contribution >= 4 is 11.8 Å². The second kappa shape index (κ2) is 10.3. The van der Waals surface area contributed by atoms with Gasteiger partial charge in [0.2, 0.25) is 5.91 Å². The summed E-state index contributed by atoms with van der Waals surface area (Å²) >= 11 is 0. The van der Waals surface area contributed by atoms with Gasteiger partial charge in [0.25, 0.3) is 5.91 Å². The van der Waals surface area contributed by atoms with Crippen molar-refractivity contribution in [1.82, 2.24) is 9.80 Å². The molecule has 1 aromatic heterocycles. The van der Waals surface area contributed by atoms with Crippen molar-refractivity contribution in [3.05, 3.63) is 84.3 Å². The summed E-state index contributed by atoms with van der Waals surface area (Å²) in [5.74, 6) is 0.561. The van der Waals surface area contributed by atoms with Crippen LogP contribution in [0.25, 0.3) is 11.1 Å². The van der Waals surface area contributed by atoms with Gasteiger partial charge in [-0.05, 0) is 61.1 Å². The first kappa shape index (κ1) is 22.4. The van der Waals surface area contributed by atoms with Crippen LogP contribution >= 0.6 is 0 Å². The van der Waals surface area contributed by atoms with Crippen LogP contribution in [0, 0.1) is 0 Å². The molecule has 1 aliphatic carbocycles. The predicted octanol–water partition coefficient (Wildman–Crippen LogP) is 4.76. The van der Waals surface area contributed by atoms with Crippen molar-refractivity contribution in [3.8, 4) is 11.1 Å². The van der Waals surface area contributed by atoms with Gasteiger partial charge in [-0.3, -0.25) is 9.59 Å². The second-order valence-corrected chi connectivity index (χ2v) is 9.10. The lowest BCUT2D eigenvalue weighted by Crippen LogP contribution is -2.45. The molecular weight excluding hydrogens is 428 g/mol. The standard InChI is InChI=1S/C28H30N2O4/c31-27(29(18-25-8-4-16-33-25)19-26-9-5-17-34-26)20-30(24-14-15-24)28(32)23-12-10-22(11-13-23)21-6-2-1-3-7-21/h1-4,6-8,10-13,16,24,26H,5,9,14-15,17-20H2. The maximum atomic E-state index is 13.4. The third-order valence-corrected chi connectivity index (χ3v) is 6.52. The molecule has 2 aliphatic rings. The van der Waals surface area contributed by atoms with Crippen LogP contribution in [0.2, 0.25) is 0 Å². The molecule has 2 amide bonds. The van der Waals surface area contributed by atoms with Gasteiger partial charge < -0.3 is 19.0 Å². The van der Waals surface area contributed by atoms with E-state index in [1.54, 1.807) is 16.1 Å². The Morgan fingerprint density at radius 3 is 2.29 bits per heavy atom. The van der Waals surface area contributed by atoms with Gasteiger partial charge in [0.1, 0.15) is 12.3 Å². The minimum atomic E-state index is -0.0921. The van der Waals surface area contributed by atoms with Gasteiger partial charge in [-0.2, -0.15) is 0 Å². The highest BCUT2D eigenvalue weighted by Crippen LogP contribution is 2.29. The van der Waals surface area contributed by atoms with Crippen molar-refractivity contribution in [2.45, 2.75) is 44.4 Å². The van der Waals surface area contributed by atoms with E-state index in [0.717, 1.165) is 49.2 Å². The van der Waals surface area contributed by atoms with Crippen molar-refractivity contribution in [2.24, 2.45) is 0 Å². The van der Waals surface area contributed by atoms with Gasteiger partial charge in [-0.1, -0.05) is 42.5 Å². The number of amides is 2. The topological polar surface area (TPSA) is 63.0 Å². The zero-order valence-corrected chi connectivity index (χ0v) is 19.3. The zero-order chi connectivity index (χ0) is 23.3. The first-order valence-electron chi connectivity index (χ1n) is 12.1. The molecule has 1 aliphatic heterocycles. The average Bonchev–Trinajstić information content (AvgIpc) is 3.33. The van der Waals surface area contributed by atoms with Crippen molar-refractivity contribution in [2.75, 3.05) is 19.7 Å². The molecule has 2 fully saturated rings. The fraction of sp³-hybridized carbons (Fsp3) is 0.357. The summed E-state index contributed by atoms with van der Waals surface area (Å²) in [6.07, 6.45) is 5.48. The number of ether oxygens (including phenoxy) is 1. The van der Waals surface area contributed by atoms with Crippen molar-refractivity contribution in [3.63, 3.8) is 0 Å². The molecular formula is C28H30N2O4. The van der Waals surface area contributed by atoms with Gasteiger partial charge in [0, 0.05) is 24.8 Å². The number of furan rings is 1. The quantitative estimate of drug-likeness (QED) is 0.464. The number of carbonyl (C=O) groups excluding carboxylic acids is 2. The number of hydrogen-bond acceptors (Lipinski definition) is 4. The van der Waals surface area contributed by atoms with E-state index in [0.29, 0.717) is 18.7 Å². The Labute approximate surface area is 200 Å². The molecule has 0 spiro atoms. The molecule has 1 saturated carbocycles. The summed E-state index contributed by atoms with van der Waals surface area (Å²) in [6.45, 7) is 1.69. The monoisotopic (exact) mass is 458 g/mol. The number of carbonyl (C=O) groups is 2. The Bertz CT molecular complexity index is 1090. The molecule has 1 atom stereocenters. The average molecular weight is 459 g/mol. The van der Waals surface area contributed by atoms with E-state index < -0.39 is 0 Å². The lowest BCUT2D eigenvalue weighted by Gasteiger charge is -2.29. The molecule has 3 aromatic rings. The highest BCUT2D eigenvalue weighted by atomic mass is 16.5. The number of hydrogen-bond donors (Lipinski definition) is 0. The molecule has 6 heteroatoms. The van der Waals surface area contributed by atoms with Crippen LogP contribution in [-0.4, -0.2) is 53.5 Å². The van der Waals surface area contributed by atoms with E-state index in [1.807, 2.05) is 66.7 Å². The molecule has 2 aromatic carbocycles. The van der Waals surface area contributed by atoms with E-state index >= 15 is 0 Å². The van der Waals surface area contributed by atoms with Gasteiger partial charge in [0.15, 0.2) is 0 Å². The van der Waals surface area contributed by atoms with E-state index in [9.17, 15) is 9.59 Å². The molecule has 0 bridgehead atoms. The van der Waals surface area contributed by atoms with Gasteiger partial charge in [0.05, 0.1) is 18.9 Å². The molecule has 2 heterocycles. The minimum absolute atomic E-state index is 0.0366. The lowest BCUT2D eigenvalue weighted by molar-refractivity contribution is -0.134. The van der Waals surface area contributed by atoms with Gasteiger partial charge >= 0.3 is 0 Å². The summed E-state index contributed by atoms with van der Waals surface area (Å²) in [7, 11) is 0. The van der Waals surface area contributed by atoms with E-state index in [2.05, 4.69) is 0 Å². The SMILES string of the molecule is O=C(CN(C(=O)c1ccc(-c2ccccc2)cc1)C1CC1)N(Cc1ccco1)CC1CCCO1. The minimum Gasteiger partial charge on any atom is -0.467 e. The number of rotatable bonds is 9. The van der Waals surface area contributed by atoms with Crippen molar-refractivity contribution in [1.29, 1.82) is 0 Å². The number of benzene rings is 2. The normalized spacial score (nSPS) is 17.5. The third kappa shape index (κ3) is 5.39. The van der Waals surface area contributed by atoms with Crippen LogP contribution in [0.1, 0.15) is 41.8 Å². The molecule has 6 nitrogen and oxygen atoms in total. The molecule has 176 valence electrons. The summed E-state index contributed by atoms with van der Waals surface area (Å²) < 4.78 is 11.3. The van der Waals surface area contributed by atoms with Crippen LogP contribution in [0.4, 0.5) is 0 Å². The third-order valence-electron chi connectivity index (χ3n) is 6.52. The maximum absolute atomic E-state index is 13.4. The highest BCUT2D eigenvalue weighted by molar-refractivity contribution is 5.97. The smallest absolute Gasteiger partial charge is 0.254 e. The maximum Gasteiger partial charge on any atom is 0.254 e.